The number of nitrogens with zero attached hydrogens (tertiary/aromatic N) is 2. The zero-order chi connectivity index (χ0) is 11.7. The fourth-order valence-corrected chi connectivity index (χ4v) is 2.54. The minimum Gasteiger partial charge on any atom is -0.385 e. The van der Waals surface area contributed by atoms with Crippen LogP contribution in [0.2, 0.25) is 0 Å². The number of amides is 2. The van der Waals surface area contributed by atoms with Crippen molar-refractivity contribution in [3.8, 4) is 0 Å². The Balaban J connectivity index is 2.16. The Morgan fingerprint density at radius 1 is 1.44 bits per heavy atom. The Kier molecular flexibility index (Phi) is 3.14. The number of carbonyl (C=O) groups is 1. The molecule has 0 radical (unpaired) electrons. The molecule has 2 amide bonds. The Labute approximate surface area is 95.6 Å². The highest BCUT2D eigenvalue weighted by Gasteiger charge is 2.40. The van der Waals surface area contributed by atoms with Crippen molar-refractivity contribution in [3.63, 3.8) is 0 Å². The topological polar surface area (TPSA) is 67.9 Å². The Morgan fingerprint density at radius 3 is 2.62 bits per heavy atom. The van der Waals surface area contributed by atoms with Crippen LogP contribution in [0.4, 0.5) is 4.79 Å². The van der Waals surface area contributed by atoms with Crippen molar-refractivity contribution in [2.45, 2.75) is 38.8 Å². The highest BCUT2D eigenvalue weighted by Crippen LogP contribution is 2.28. The summed E-state index contributed by atoms with van der Waals surface area (Å²) in [6.45, 7) is 5.51. The third-order valence-corrected chi connectivity index (χ3v) is 3.32. The molecule has 2 aliphatic heterocycles. The average Bonchev–Trinajstić information content (AvgIpc) is 2.55. The van der Waals surface area contributed by atoms with Crippen LogP contribution in [0, 0.1) is 5.92 Å². The minimum atomic E-state index is -0.191. The van der Waals surface area contributed by atoms with Crippen LogP contribution in [0.15, 0.2) is 4.99 Å². The molecule has 5 heteroatoms. The molecule has 5 nitrogen and oxygen atoms in total. The van der Waals surface area contributed by atoms with Gasteiger partial charge in [-0.25, -0.2) is 4.79 Å². The summed E-state index contributed by atoms with van der Waals surface area (Å²) in [5.41, 5.74) is 5.88. The fraction of sp³-hybridized carbons (Fsp3) is 0.818. The molecule has 0 aromatic heterocycles. The van der Waals surface area contributed by atoms with Crippen molar-refractivity contribution in [3.05, 3.63) is 0 Å². The second kappa shape index (κ2) is 4.41. The molecule has 16 heavy (non-hydrogen) atoms. The number of carbonyl (C=O) groups excluding carboxylic acids is 1. The van der Waals surface area contributed by atoms with Crippen LogP contribution in [0.3, 0.4) is 0 Å². The third-order valence-electron chi connectivity index (χ3n) is 3.32. The lowest BCUT2D eigenvalue weighted by atomic mass is 9.90. The van der Waals surface area contributed by atoms with E-state index in [4.69, 9.17) is 10.5 Å². The van der Waals surface area contributed by atoms with E-state index in [1.54, 1.807) is 4.90 Å². The first-order valence-electron chi connectivity index (χ1n) is 5.85. The van der Waals surface area contributed by atoms with Crippen LogP contribution >= 0.6 is 0 Å². The van der Waals surface area contributed by atoms with E-state index in [9.17, 15) is 4.79 Å². The van der Waals surface area contributed by atoms with E-state index >= 15 is 0 Å². The van der Waals surface area contributed by atoms with Crippen LogP contribution in [-0.2, 0) is 4.74 Å². The Bertz CT molecular complexity index is 308. The van der Waals surface area contributed by atoms with E-state index in [-0.39, 0.29) is 18.1 Å². The number of aliphatic imine (C=N–C) groups is 1. The Morgan fingerprint density at radius 2 is 2.06 bits per heavy atom. The molecule has 0 saturated carbocycles. The first-order chi connectivity index (χ1) is 7.61. The maximum absolute atomic E-state index is 11.7. The summed E-state index contributed by atoms with van der Waals surface area (Å²) in [5.74, 6) is 0.872. The lowest BCUT2D eigenvalue weighted by Crippen LogP contribution is -2.49. The SMILES string of the molecule is CC(C)N1C(=O)N=C(N)C1C1CCOCC1. The van der Waals surface area contributed by atoms with Crippen molar-refractivity contribution < 1.29 is 9.53 Å². The van der Waals surface area contributed by atoms with E-state index in [0.29, 0.717) is 11.8 Å². The largest absolute Gasteiger partial charge is 0.385 e. The second-order valence-corrected chi connectivity index (χ2v) is 4.71. The summed E-state index contributed by atoms with van der Waals surface area (Å²) in [5, 5.41) is 0. The zero-order valence-electron chi connectivity index (χ0n) is 9.85. The van der Waals surface area contributed by atoms with Crippen molar-refractivity contribution in [2.75, 3.05) is 13.2 Å². The summed E-state index contributed by atoms with van der Waals surface area (Å²) in [4.78, 5) is 17.4. The fourth-order valence-electron chi connectivity index (χ4n) is 2.54. The quantitative estimate of drug-likeness (QED) is 0.761. The highest BCUT2D eigenvalue weighted by molar-refractivity contribution is 6.03. The van der Waals surface area contributed by atoms with Gasteiger partial charge in [0, 0.05) is 19.3 Å². The summed E-state index contributed by atoms with van der Waals surface area (Å²) < 4.78 is 5.33. The molecule has 2 rings (SSSR count). The molecule has 90 valence electrons. The van der Waals surface area contributed by atoms with Crippen molar-refractivity contribution in [1.29, 1.82) is 0 Å². The molecule has 2 N–H and O–H groups in total. The lowest BCUT2D eigenvalue weighted by Gasteiger charge is -2.35. The zero-order valence-corrected chi connectivity index (χ0v) is 9.85. The van der Waals surface area contributed by atoms with Gasteiger partial charge in [-0.15, -0.1) is 0 Å². The number of rotatable bonds is 2. The van der Waals surface area contributed by atoms with Crippen LogP contribution in [0.25, 0.3) is 0 Å². The highest BCUT2D eigenvalue weighted by atomic mass is 16.5. The summed E-state index contributed by atoms with van der Waals surface area (Å²) in [6.07, 6.45) is 1.91. The number of nitrogens with two attached hydrogens (primary N) is 1. The van der Waals surface area contributed by atoms with Gasteiger partial charge in [-0.3, -0.25) is 0 Å². The summed E-state index contributed by atoms with van der Waals surface area (Å²) in [6, 6.07) is -0.0643. The molecule has 1 atom stereocenters. The normalized spacial score (nSPS) is 27.7. The van der Waals surface area contributed by atoms with Gasteiger partial charge < -0.3 is 15.4 Å². The van der Waals surface area contributed by atoms with E-state index in [1.807, 2.05) is 13.8 Å². The smallest absolute Gasteiger partial charge is 0.346 e. The summed E-state index contributed by atoms with van der Waals surface area (Å²) >= 11 is 0. The maximum atomic E-state index is 11.7. The number of hydrogen-bond acceptors (Lipinski definition) is 3. The molecule has 0 aliphatic carbocycles. The van der Waals surface area contributed by atoms with Crippen LogP contribution in [0.1, 0.15) is 26.7 Å². The van der Waals surface area contributed by atoms with Gasteiger partial charge in [0.15, 0.2) is 0 Å². The van der Waals surface area contributed by atoms with Crippen LogP contribution in [0.5, 0.6) is 0 Å². The van der Waals surface area contributed by atoms with Crippen LogP contribution < -0.4 is 5.73 Å². The van der Waals surface area contributed by atoms with E-state index in [2.05, 4.69) is 4.99 Å². The maximum Gasteiger partial charge on any atom is 0.346 e. The molecule has 0 aromatic rings. The first-order valence-corrected chi connectivity index (χ1v) is 5.85. The van der Waals surface area contributed by atoms with Gasteiger partial charge in [-0.1, -0.05) is 0 Å². The molecule has 1 unspecified atom stereocenters. The first kappa shape index (κ1) is 11.4. The van der Waals surface area contributed by atoms with Crippen LogP contribution in [-0.4, -0.2) is 42.1 Å². The number of urea groups is 1. The van der Waals surface area contributed by atoms with Gasteiger partial charge in [-0.2, -0.15) is 4.99 Å². The molecular weight excluding hydrogens is 206 g/mol. The van der Waals surface area contributed by atoms with Gasteiger partial charge in [0.1, 0.15) is 5.84 Å². The number of amidine groups is 1. The van der Waals surface area contributed by atoms with E-state index in [1.165, 1.54) is 0 Å². The number of hydrogen-bond donors (Lipinski definition) is 1. The lowest BCUT2D eigenvalue weighted by molar-refractivity contribution is 0.0458. The van der Waals surface area contributed by atoms with Gasteiger partial charge in [0.2, 0.25) is 0 Å². The molecule has 2 aliphatic rings. The summed E-state index contributed by atoms with van der Waals surface area (Å²) in [7, 11) is 0. The van der Waals surface area contributed by atoms with Gasteiger partial charge >= 0.3 is 6.03 Å². The Hall–Kier alpha value is -1.10. The second-order valence-electron chi connectivity index (χ2n) is 4.71. The monoisotopic (exact) mass is 225 g/mol. The predicted octanol–water partition coefficient (Wildman–Crippen LogP) is 0.983. The predicted molar refractivity (Wildman–Crippen MR) is 61.3 cm³/mol. The van der Waals surface area contributed by atoms with E-state index < -0.39 is 0 Å². The molecular formula is C11H19N3O2. The van der Waals surface area contributed by atoms with Gasteiger partial charge in [0.05, 0.1) is 6.04 Å². The molecule has 0 spiro atoms. The molecule has 0 aromatic carbocycles. The third kappa shape index (κ3) is 1.91. The standard InChI is InChI=1S/C11H19N3O2/c1-7(2)14-9(10(12)13-11(14)15)8-3-5-16-6-4-8/h7-9H,3-6H2,1-2H3,(H2,12,13,15). The van der Waals surface area contributed by atoms with Crippen molar-refractivity contribution in [1.82, 2.24) is 4.90 Å². The van der Waals surface area contributed by atoms with Crippen molar-refractivity contribution in [2.24, 2.45) is 16.6 Å². The molecule has 2 heterocycles. The van der Waals surface area contributed by atoms with Gasteiger partial charge in [0.25, 0.3) is 0 Å². The van der Waals surface area contributed by atoms with Crippen molar-refractivity contribution >= 4 is 11.9 Å². The van der Waals surface area contributed by atoms with Gasteiger partial charge in [-0.05, 0) is 32.6 Å². The molecule has 0 bridgehead atoms. The molecule has 1 saturated heterocycles. The van der Waals surface area contributed by atoms with E-state index in [0.717, 1.165) is 26.1 Å². The minimum absolute atomic E-state index is 0.0172. The molecule has 1 fully saturated rings. The average molecular weight is 225 g/mol. The number of ether oxygens (including phenoxy) is 1.